The van der Waals surface area contributed by atoms with Crippen LogP contribution < -0.4 is 20.9 Å². The number of amides is 2. The average Bonchev–Trinajstić information content (AvgIpc) is 2.72. The summed E-state index contributed by atoms with van der Waals surface area (Å²) in [5.74, 6) is 0.829. The van der Waals surface area contributed by atoms with Gasteiger partial charge in [0.1, 0.15) is 5.60 Å². The van der Waals surface area contributed by atoms with Crippen LogP contribution in [0.3, 0.4) is 0 Å². The van der Waals surface area contributed by atoms with Crippen LogP contribution in [0, 0.1) is 0 Å². The molecule has 0 saturated carbocycles. The molecule has 1 heterocycles. The number of nitrogens with zero attached hydrogens (tertiary/aromatic N) is 3. The molecule has 0 aliphatic carbocycles. The molecule has 0 aliphatic heterocycles. The fourth-order valence-electron chi connectivity index (χ4n) is 2.83. The Morgan fingerprint density at radius 3 is 2.39 bits per heavy atom. The third-order valence-corrected chi connectivity index (χ3v) is 4.91. The maximum Gasteiger partial charge on any atom is 0.407 e. The van der Waals surface area contributed by atoms with Gasteiger partial charge in [-0.1, -0.05) is 15.9 Å². The number of halogens is 1. The smallest absolute Gasteiger partial charge is 0.407 e. The Hall–Kier alpha value is -2.88. The topological polar surface area (TPSA) is 108 Å². The van der Waals surface area contributed by atoms with Crippen molar-refractivity contribution in [2.75, 3.05) is 42.7 Å². The van der Waals surface area contributed by atoms with Gasteiger partial charge in [-0.25, -0.2) is 4.79 Å². The zero-order chi connectivity index (χ0) is 24.4. The summed E-state index contributed by atoms with van der Waals surface area (Å²) in [5.41, 5.74) is 0.749. The first kappa shape index (κ1) is 26.4. The highest BCUT2D eigenvalue weighted by molar-refractivity contribution is 9.10. The molecule has 0 bridgehead atoms. The van der Waals surface area contributed by atoms with Gasteiger partial charge in [0.05, 0.1) is 5.56 Å². The lowest BCUT2D eigenvalue weighted by Gasteiger charge is -2.19. The minimum atomic E-state index is -0.496. The van der Waals surface area contributed by atoms with Crippen LogP contribution >= 0.6 is 15.9 Å². The van der Waals surface area contributed by atoms with Crippen LogP contribution in [0.15, 0.2) is 34.8 Å². The Bertz CT molecular complexity index is 929. The van der Waals surface area contributed by atoms with E-state index >= 15 is 0 Å². The first-order chi connectivity index (χ1) is 15.5. The van der Waals surface area contributed by atoms with Crippen molar-refractivity contribution in [2.45, 2.75) is 45.6 Å². The Balaban J connectivity index is 1.82. The van der Waals surface area contributed by atoms with Crippen LogP contribution in [-0.4, -0.2) is 55.0 Å². The van der Waals surface area contributed by atoms with E-state index in [0.29, 0.717) is 30.3 Å². The van der Waals surface area contributed by atoms with Crippen LogP contribution in [0.25, 0.3) is 0 Å². The van der Waals surface area contributed by atoms with Gasteiger partial charge in [0.15, 0.2) is 11.6 Å². The van der Waals surface area contributed by atoms with E-state index in [1.807, 2.05) is 51.9 Å². The summed E-state index contributed by atoms with van der Waals surface area (Å²) >= 11 is 3.46. The van der Waals surface area contributed by atoms with E-state index in [2.05, 4.69) is 42.1 Å². The maximum atomic E-state index is 12.8. The number of nitrogens with one attached hydrogen (secondary N) is 3. The number of alkyl carbamates (subject to hydrolysis) is 1. The van der Waals surface area contributed by atoms with Gasteiger partial charge in [0.2, 0.25) is 0 Å². The maximum absolute atomic E-state index is 12.8. The molecule has 2 rings (SSSR count). The van der Waals surface area contributed by atoms with Gasteiger partial charge >= 0.3 is 6.09 Å². The van der Waals surface area contributed by atoms with E-state index in [1.54, 1.807) is 18.2 Å². The number of carbonyl (C=O) groups excluding carboxylic acids is 2. The lowest BCUT2D eigenvalue weighted by Crippen LogP contribution is -2.33. The second kappa shape index (κ2) is 12.4. The van der Waals surface area contributed by atoms with Crippen LogP contribution in [-0.2, 0) is 4.74 Å². The van der Waals surface area contributed by atoms with E-state index in [0.717, 1.165) is 29.4 Å². The number of hydrogen-bond donors (Lipinski definition) is 3. The van der Waals surface area contributed by atoms with E-state index in [4.69, 9.17) is 4.74 Å². The zero-order valence-electron chi connectivity index (χ0n) is 19.9. The van der Waals surface area contributed by atoms with Gasteiger partial charge in [-0.3, -0.25) is 4.79 Å². The largest absolute Gasteiger partial charge is 0.444 e. The van der Waals surface area contributed by atoms with Crippen LogP contribution in [0.2, 0.25) is 0 Å². The number of rotatable bonds is 10. The summed E-state index contributed by atoms with van der Waals surface area (Å²) in [6, 6.07) is 8.97. The molecule has 3 N–H and O–H groups in total. The number of benzene rings is 1. The molecular formula is C23H33BrN6O3. The minimum Gasteiger partial charge on any atom is -0.444 e. The lowest BCUT2D eigenvalue weighted by atomic mass is 10.1. The molecule has 0 saturated heterocycles. The standard InChI is InChI=1S/C23H33BrN6O3/c1-23(2,3)33-22(32)26-14-8-6-7-13-25-18-15-16(24)9-10-17(18)21(31)27-19-11-12-20(29-28-19)30(4)5/h9-12,15,25H,6-8,13-14H2,1-5H3,(H,26,32)(H,27,28,31). The second-order valence-electron chi connectivity index (χ2n) is 8.73. The number of unbranched alkanes of at least 4 members (excludes halogenated alkanes) is 2. The SMILES string of the molecule is CN(C)c1ccc(NC(=O)c2ccc(Br)cc2NCCCCCNC(=O)OC(C)(C)C)nn1. The number of anilines is 3. The molecule has 0 atom stereocenters. The molecule has 1 aromatic heterocycles. The van der Waals surface area contributed by atoms with Crippen molar-refractivity contribution in [2.24, 2.45) is 0 Å². The normalized spacial score (nSPS) is 11.0. The van der Waals surface area contributed by atoms with Crippen molar-refractivity contribution in [3.05, 3.63) is 40.4 Å². The first-order valence-electron chi connectivity index (χ1n) is 10.9. The Kier molecular flexibility index (Phi) is 9.90. The predicted molar refractivity (Wildman–Crippen MR) is 135 cm³/mol. The molecule has 0 unspecified atom stereocenters. The summed E-state index contributed by atoms with van der Waals surface area (Å²) in [5, 5.41) is 17.0. The molecule has 2 aromatic rings. The van der Waals surface area contributed by atoms with E-state index in [1.165, 1.54) is 0 Å². The van der Waals surface area contributed by atoms with Gasteiger partial charge in [-0.2, -0.15) is 0 Å². The number of aromatic nitrogens is 2. The summed E-state index contributed by atoms with van der Waals surface area (Å²) in [7, 11) is 3.75. The Morgan fingerprint density at radius 1 is 1.03 bits per heavy atom. The molecule has 2 amide bonds. The molecule has 0 fully saturated rings. The highest BCUT2D eigenvalue weighted by Crippen LogP contribution is 2.23. The molecular weight excluding hydrogens is 488 g/mol. The third-order valence-electron chi connectivity index (χ3n) is 4.41. The first-order valence-corrected chi connectivity index (χ1v) is 11.7. The van der Waals surface area contributed by atoms with Gasteiger partial charge < -0.3 is 25.6 Å². The third kappa shape index (κ3) is 9.65. The summed E-state index contributed by atoms with van der Waals surface area (Å²) < 4.78 is 6.09. The summed E-state index contributed by atoms with van der Waals surface area (Å²) in [6.07, 6.45) is 2.26. The van der Waals surface area contributed by atoms with Crippen molar-refractivity contribution in [1.29, 1.82) is 0 Å². The molecule has 1 aromatic carbocycles. The fraction of sp³-hybridized carbons (Fsp3) is 0.478. The molecule has 0 aliphatic rings. The van der Waals surface area contributed by atoms with E-state index in [9.17, 15) is 9.59 Å². The lowest BCUT2D eigenvalue weighted by molar-refractivity contribution is 0.0527. The van der Waals surface area contributed by atoms with Crippen molar-refractivity contribution in [3.63, 3.8) is 0 Å². The van der Waals surface area contributed by atoms with Crippen molar-refractivity contribution >= 4 is 45.3 Å². The molecule has 180 valence electrons. The second-order valence-corrected chi connectivity index (χ2v) is 9.65. The molecule has 10 heteroatoms. The molecule has 0 spiro atoms. The highest BCUT2D eigenvalue weighted by atomic mass is 79.9. The van der Waals surface area contributed by atoms with Crippen LogP contribution in [0.4, 0.5) is 22.1 Å². The van der Waals surface area contributed by atoms with Crippen molar-refractivity contribution in [1.82, 2.24) is 15.5 Å². The monoisotopic (exact) mass is 520 g/mol. The number of carbonyl (C=O) groups is 2. The van der Waals surface area contributed by atoms with Gasteiger partial charge in [-0.05, 0) is 70.4 Å². The van der Waals surface area contributed by atoms with Gasteiger partial charge in [0, 0.05) is 37.3 Å². The van der Waals surface area contributed by atoms with Gasteiger partial charge in [-0.15, -0.1) is 10.2 Å². The predicted octanol–water partition coefficient (Wildman–Crippen LogP) is 4.66. The van der Waals surface area contributed by atoms with E-state index < -0.39 is 11.7 Å². The number of ether oxygens (including phenoxy) is 1. The zero-order valence-corrected chi connectivity index (χ0v) is 21.5. The van der Waals surface area contributed by atoms with Crippen LogP contribution in [0.1, 0.15) is 50.4 Å². The van der Waals surface area contributed by atoms with Crippen LogP contribution in [0.5, 0.6) is 0 Å². The summed E-state index contributed by atoms with van der Waals surface area (Å²) in [4.78, 5) is 26.3. The van der Waals surface area contributed by atoms with Gasteiger partial charge in [0.25, 0.3) is 5.91 Å². The quantitative estimate of drug-likeness (QED) is 0.390. The molecule has 9 nitrogen and oxygen atoms in total. The highest BCUT2D eigenvalue weighted by Gasteiger charge is 2.15. The molecule has 33 heavy (non-hydrogen) atoms. The van der Waals surface area contributed by atoms with Crippen molar-refractivity contribution in [3.8, 4) is 0 Å². The fourth-order valence-corrected chi connectivity index (χ4v) is 3.19. The Morgan fingerprint density at radius 2 is 1.76 bits per heavy atom. The summed E-state index contributed by atoms with van der Waals surface area (Å²) in [6.45, 7) is 6.77. The number of hydrogen-bond acceptors (Lipinski definition) is 7. The van der Waals surface area contributed by atoms with E-state index in [-0.39, 0.29) is 5.91 Å². The Labute approximate surface area is 203 Å². The average molecular weight is 521 g/mol. The molecule has 0 radical (unpaired) electrons. The van der Waals surface area contributed by atoms with Crippen molar-refractivity contribution < 1.29 is 14.3 Å². The minimum absolute atomic E-state index is 0.265.